The van der Waals surface area contributed by atoms with Gasteiger partial charge in [-0.1, -0.05) is 12.1 Å². The summed E-state index contributed by atoms with van der Waals surface area (Å²) in [6.45, 7) is -0.594. The third kappa shape index (κ3) is 4.28. The van der Waals surface area contributed by atoms with E-state index >= 15 is 0 Å². The smallest absolute Gasteiger partial charge is 0.343 e. The summed E-state index contributed by atoms with van der Waals surface area (Å²) in [4.78, 5) is 25.7. The number of rotatable bonds is 4. The summed E-state index contributed by atoms with van der Waals surface area (Å²) in [6.07, 6.45) is 0. The first kappa shape index (κ1) is 12.5. The van der Waals surface area contributed by atoms with Crippen molar-refractivity contribution in [1.82, 2.24) is 5.48 Å². The van der Waals surface area contributed by atoms with Crippen molar-refractivity contribution in [3.05, 3.63) is 28.7 Å². The molecule has 1 rings (SSSR count). The predicted octanol–water partition coefficient (Wildman–Crippen LogP) is 1.59. The van der Waals surface area contributed by atoms with Gasteiger partial charge in [0.25, 0.3) is 0 Å². The average molecular weight is 289 g/mol. The van der Waals surface area contributed by atoms with Crippen LogP contribution in [0.2, 0.25) is 0 Å². The molecule has 0 aliphatic carbocycles. The van der Waals surface area contributed by atoms with Crippen LogP contribution in [0.3, 0.4) is 0 Å². The minimum atomic E-state index is -1.17. The van der Waals surface area contributed by atoms with E-state index in [0.717, 1.165) is 0 Å². The fourth-order valence-corrected chi connectivity index (χ4v) is 1.26. The van der Waals surface area contributed by atoms with Crippen LogP contribution in [-0.4, -0.2) is 23.7 Å². The Kier molecular flexibility index (Phi) is 4.74. The molecule has 0 atom stereocenters. The highest BCUT2D eigenvalue weighted by Gasteiger charge is 2.05. The topological polar surface area (TPSA) is 87.7 Å². The van der Waals surface area contributed by atoms with Crippen LogP contribution in [0.1, 0.15) is 0 Å². The predicted molar refractivity (Wildman–Crippen MR) is 59.9 cm³/mol. The number of carbonyl (C=O) groups is 2. The average Bonchev–Trinajstić information content (AvgIpc) is 2.21. The first-order chi connectivity index (χ1) is 7.59. The molecule has 3 N–H and O–H groups in total. The van der Waals surface area contributed by atoms with Crippen LogP contribution in [0.15, 0.2) is 28.7 Å². The monoisotopic (exact) mass is 288 g/mol. The number of aliphatic carboxylic acids is 1. The van der Waals surface area contributed by atoms with Crippen LogP contribution < -0.4 is 10.8 Å². The van der Waals surface area contributed by atoms with Crippen molar-refractivity contribution >= 4 is 33.6 Å². The molecule has 2 amide bonds. The molecule has 0 unspecified atom stereocenters. The highest BCUT2D eigenvalue weighted by Crippen LogP contribution is 2.20. The van der Waals surface area contributed by atoms with E-state index in [1.807, 2.05) is 5.48 Å². The zero-order chi connectivity index (χ0) is 12.0. The van der Waals surface area contributed by atoms with Gasteiger partial charge in [0.05, 0.1) is 5.69 Å². The van der Waals surface area contributed by atoms with Crippen LogP contribution in [-0.2, 0) is 9.63 Å². The van der Waals surface area contributed by atoms with Gasteiger partial charge in [-0.05, 0) is 28.1 Å². The second-order valence-electron chi connectivity index (χ2n) is 2.72. The summed E-state index contributed by atoms with van der Waals surface area (Å²) in [6, 6.07) is 6.34. The molecule has 0 aliphatic rings. The van der Waals surface area contributed by atoms with Gasteiger partial charge in [-0.15, -0.1) is 0 Å². The normalized spacial score (nSPS) is 9.56. The van der Waals surface area contributed by atoms with E-state index in [2.05, 4.69) is 26.1 Å². The Morgan fingerprint density at radius 2 is 2.06 bits per heavy atom. The first-order valence-electron chi connectivity index (χ1n) is 4.24. The summed E-state index contributed by atoms with van der Waals surface area (Å²) in [5.74, 6) is -1.17. The largest absolute Gasteiger partial charge is 0.479 e. The molecule has 7 heteroatoms. The lowest BCUT2D eigenvalue weighted by atomic mass is 10.3. The first-order valence-corrected chi connectivity index (χ1v) is 5.04. The van der Waals surface area contributed by atoms with Crippen LogP contribution in [0.4, 0.5) is 10.5 Å². The number of hydroxylamine groups is 1. The molecule has 1 aromatic carbocycles. The number of anilines is 1. The number of nitrogens with one attached hydrogen (secondary N) is 2. The van der Waals surface area contributed by atoms with E-state index in [4.69, 9.17) is 5.11 Å². The zero-order valence-electron chi connectivity index (χ0n) is 8.07. The summed E-state index contributed by atoms with van der Waals surface area (Å²) >= 11 is 3.24. The zero-order valence-corrected chi connectivity index (χ0v) is 9.65. The van der Waals surface area contributed by atoms with E-state index in [-0.39, 0.29) is 0 Å². The standard InChI is InChI=1S/C9H9BrN2O4/c10-6-3-1-2-4-7(6)11-9(15)12-16-5-8(13)14/h1-4H,5H2,(H,13,14)(H2,11,12,15). The maximum atomic E-state index is 11.2. The molecule has 1 aromatic rings. The van der Waals surface area contributed by atoms with E-state index in [1.165, 1.54) is 0 Å². The van der Waals surface area contributed by atoms with Gasteiger partial charge in [-0.2, -0.15) is 0 Å². The molecule has 0 saturated carbocycles. The number of urea groups is 1. The van der Waals surface area contributed by atoms with Crippen molar-refractivity contribution in [2.75, 3.05) is 11.9 Å². The Hall–Kier alpha value is -1.60. The number of carboxylic acids is 1. The van der Waals surface area contributed by atoms with Crippen LogP contribution >= 0.6 is 15.9 Å². The van der Waals surface area contributed by atoms with Crippen molar-refractivity contribution in [3.63, 3.8) is 0 Å². The fraction of sp³-hybridized carbons (Fsp3) is 0.111. The molecule has 0 heterocycles. The van der Waals surface area contributed by atoms with Crippen molar-refractivity contribution in [2.45, 2.75) is 0 Å². The number of para-hydroxylation sites is 1. The number of benzene rings is 1. The number of hydrogen-bond acceptors (Lipinski definition) is 3. The third-order valence-electron chi connectivity index (χ3n) is 1.48. The maximum absolute atomic E-state index is 11.2. The Morgan fingerprint density at radius 3 is 2.69 bits per heavy atom. The lowest BCUT2D eigenvalue weighted by Gasteiger charge is -2.07. The highest BCUT2D eigenvalue weighted by atomic mass is 79.9. The summed E-state index contributed by atoms with van der Waals surface area (Å²) in [7, 11) is 0. The van der Waals surface area contributed by atoms with E-state index in [1.54, 1.807) is 24.3 Å². The Bertz CT molecular complexity index is 397. The number of carbonyl (C=O) groups excluding carboxylic acids is 1. The molecule has 0 saturated heterocycles. The molecule has 16 heavy (non-hydrogen) atoms. The minimum Gasteiger partial charge on any atom is -0.479 e. The molecule has 0 bridgehead atoms. The SMILES string of the molecule is O=C(O)CONC(=O)Nc1ccccc1Br. The molecule has 0 spiro atoms. The second-order valence-corrected chi connectivity index (χ2v) is 3.57. The molecule has 0 radical (unpaired) electrons. The van der Waals surface area contributed by atoms with E-state index < -0.39 is 18.6 Å². The van der Waals surface area contributed by atoms with Crippen LogP contribution in [0.25, 0.3) is 0 Å². The van der Waals surface area contributed by atoms with E-state index in [9.17, 15) is 9.59 Å². The van der Waals surface area contributed by atoms with E-state index in [0.29, 0.717) is 10.2 Å². The quantitative estimate of drug-likeness (QED) is 0.734. The minimum absolute atomic E-state index is 0.555. The van der Waals surface area contributed by atoms with Gasteiger partial charge in [-0.25, -0.2) is 15.1 Å². The van der Waals surface area contributed by atoms with Gasteiger partial charge in [-0.3, -0.25) is 4.84 Å². The number of carboxylic acid groups (broad SMARTS) is 1. The summed E-state index contributed by atoms with van der Waals surface area (Å²) in [5, 5.41) is 10.7. The maximum Gasteiger partial charge on any atom is 0.343 e. The van der Waals surface area contributed by atoms with Gasteiger partial charge < -0.3 is 10.4 Å². The van der Waals surface area contributed by atoms with Crippen LogP contribution in [0.5, 0.6) is 0 Å². The fourth-order valence-electron chi connectivity index (χ4n) is 0.874. The number of halogens is 1. The lowest BCUT2D eigenvalue weighted by Crippen LogP contribution is -2.30. The van der Waals surface area contributed by atoms with Crippen molar-refractivity contribution in [2.24, 2.45) is 0 Å². The Labute approximate surface area is 99.7 Å². The van der Waals surface area contributed by atoms with Crippen molar-refractivity contribution < 1.29 is 19.5 Å². The molecule has 0 aliphatic heterocycles. The summed E-state index contributed by atoms with van der Waals surface area (Å²) in [5.41, 5.74) is 2.49. The molecule has 86 valence electrons. The summed E-state index contributed by atoms with van der Waals surface area (Å²) < 4.78 is 0.711. The van der Waals surface area contributed by atoms with Gasteiger partial charge in [0.2, 0.25) is 0 Å². The van der Waals surface area contributed by atoms with Gasteiger partial charge >= 0.3 is 12.0 Å². The molecular weight excluding hydrogens is 280 g/mol. The number of amides is 2. The Balaban J connectivity index is 2.40. The van der Waals surface area contributed by atoms with Crippen molar-refractivity contribution in [3.8, 4) is 0 Å². The molecule has 0 fully saturated rings. The Morgan fingerprint density at radius 1 is 1.38 bits per heavy atom. The third-order valence-corrected chi connectivity index (χ3v) is 2.17. The molecule has 6 nitrogen and oxygen atoms in total. The van der Waals surface area contributed by atoms with Gasteiger partial charge in [0, 0.05) is 4.47 Å². The highest BCUT2D eigenvalue weighted by molar-refractivity contribution is 9.10. The van der Waals surface area contributed by atoms with Gasteiger partial charge in [0.15, 0.2) is 6.61 Å². The van der Waals surface area contributed by atoms with Crippen molar-refractivity contribution in [1.29, 1.82) is 0 Å². The second kappa shape index (κ2) is 6.09. The van der Waals surface area contributed by atoms with Gasteiger partial charge in [0.1, 0.15) is 0 Å². The van der Waals surface area contributed by atoms with Crippen LogP contribution in [0, 0.1) is 0 Å². The lowest BCUT2D eigenvalue weighted by molar-refractivity contribution is -0.143. The molecule has 0 aromatic heterocycles. The molecular formula is C9H9BrN2O4. The number of hydrogen-bond donors (Lipinski definition) is 3.